The van der Waals surface area contributed by atoms with Gasteiger partial charge in [0.25, 0.3) is 5.92 Å². The van der Waals surface area contributed by atoms with E-state index in [2.05, 4.69) is 14.7 Å². The lowest BCUT2D eigenvalue weighted by molar-refractivity contribution is 0.0600. The molecule has 132 valence electrons. The van der Waals surface area contributed by atoms with Crippen molar-refractivity contribution in [1.29, 1.82) is 0 Å². The number of alkyl halides is 2. The first-order chi connectivity index (χ1) is 11.9. The second kappa shape index (κ2) is 5.69. The van der Waals surface area contributed by atoms with Crippen molar-refractivity contribution in [3.63, 3.8) is 0 Å². The summed E-state index contributed by atoms with van der Waals surface area (Å²) < 4.78 is 31.2. The number of esters is 1. The van der Waals surface area contributed by atoms with Gasteiger partial charge in [0.05, 0.1) is 24.5 Å². The van der Waals surface area contributed by atoms with E-state index in [0.29, 0.717) is 36.0 Å². The lowest BCUT2D eigenvalue weighted by atomic mass is 10.1. The van der Waals surface area contributed by atoms with Crippen molar-refractivity contribution in [2.45, 2.75) is 12.3 Å². The Hall–Kier alpha value is -2.15. The SMILES string of the molecule is COC(=O)c1c[nH]c(Cc2ccc(N3CC4C(C3)C4(F)F)nc2Cl)c1. The number of pyridine rings is 1. The van der Waals surface area contributed by atoms with Crippen LogP contribution in [0.1, 0.15) is 21.6 Å². The van der Waals surface area contributed by atoms with Gasteiger partial charge in [-0.05, 0) is 17.7 Å². The Morgan fingerprint density at radius 1 is 1.44 bits per heavy atom. The van der Waals surface area contributed by atoms with Crippen molar-refractivity contribution in [1.82, 2.24) is 9.97 Å². The van der Waals surface area contributed by atoms with Gasteiger partial charge < -0.3 is 14.6 Å². The highest BCUT2D eigenvalue weighted by molar-refractivity contribution is 6.30. The summed E-state index contributed by atoms with van der Waals surface area (Å²) in [6.45, 7) is 0.638. The Balaban J connectivity index is 1.46. The van der Waals surface area contributed by atoms with Crippen LogP contribution < -0.4 is 4.90 Å². The number of piperidine rings is 1. The minimum Gasteiger partial charge on any atom is -0.465 e. The molecule has 1 aliphatic carbocycles. The van der Waals surface area contributed by atoms with Crippen molar-refractivity contribution < 1.29 is 18.3 Å². The molecule has 0 aromatic carbocycles. The van der Waals surface area contributed by atoms with Crippen molar-refractivity contribution >= 4 is 23.4 Å². The fourth-order valence-electron chi connectivity index (χ4n) is 3.44. The Kier molecular flexibility index (Phi) is 3.72. The number of carbonyl (C=O) groups is 1. The second-order valence-electron chi connectivity index (χ2n) is 6.49. The van der Waals surface area contributed by atoms with Crippen LogP contribution in [0.2, 0.25) is 5.15 Å². The molecule has 0 spiro atoms. The maximum atomic E-state index is 13.3. The number of carbonyl (C=O) groups excluding carboxylic acids is 1. The zero-order valence-corrected chi connectivity index (χ0v) is 14.2. The largest absolute Gasteiger partial charge is 0.465 e. The molecule has 4 rings (SSSR count). The molecule has 2 atom stereocenters. The smallest absolute Gasteiger partial charge is 0.339 e. The molecule has 0 amide bonds. The molecule has 1 saturated heterocycles. The van der Waals surface area contributed by atoms with Crippen LogP contribution >= 0.6 is 11.6 Å². The average molecular weight is 368 g/mol. The Morgan fingerprint density at radius 2 is 2.16 bits per heavy atom. The minimum absolute atomic E-state index is 0.319. The molecule has 2 fully saturated rings. The highest BCUT2D eigenvalue weighted by Crippen LogP contribution is 2.59. The van der Waals surface area contributed by atoms with E-state index in [9.17, 15) is 13.6 Å². The van der Waals surface area contributed by atoms with Gasteiger partial charge in [0.15, 0.2) is 0 Å². The maximum absolute atomic E-state index is 13.3. The van der Waals surface area contributed by atoms with E-state index in [1.807, 2.05) is 11.0 Å². The van der Waals surface area contributed by atoms with Gasteiger partial charge in [0, 0.05) is 31.4 Å². The Labute approximate surface area is 147 Å². The summed E-state index contributed by atoms with van der Waals surface area (Å²) in [6, 6.07) is 5.34. The first-order valence-corrected chi connectivity index (χ1v) is 8.31. The van der Waals surface area contributed by atoms with E-state index in [4.69, 9.17) is 11.6 Å². The third kappa shape index (κ3) is 2.76. The molecule has 0 bridgehead atoms. The molecule has 2 aromatic rings. The van der Waals surface area contributed by atoms with Crippen LogP contribution in [-0.2, 0) is 11.2 Å². The molecule has 1 N–H and O–H groups in total. The summed E-state index contributed by atoms with van der Waals surface area (Å²) in [4.78, 5) is 20.7. The van der Waals surface area contributed by atoms with E-state index in [0.717, 1.165) is 11.3 Å². The van der Waals surface area contributed by atoms with Crippen molar-refractivity contribution in [2.24, 2.45) is 11.8 Å². The number of rotatable bonds is 4. The van der Waals surface area contributed by atoms with E-state index in [1.165, 1.54) is 7.11 Å². The lowest BCUT2D eigenvalue weighted by Gasteiger charge is -2.21. The highest BCUT2D eigenvalue weighted by Gasteiger charge is 2.71. The van der Waals surface area contributed by atoms with Crippen molar-refractivity contribution in [3.8, 4) is 0 Å². The number of aromatic nitrogens is 2. The van der Waals surface area contributed by atoms with Gasteiger partial charge in [-0.25, -0.2) is 18.6 Å². The van der Waals surface area contributed by atoms with Crippen LogP contribution in [-0.4, -0.2) is 42.1 Å². The number of nitrogens with one attached hydrogen (secondary N) is 1. The lowest BCUT2D eigenvalue weighted by Crippen LogP contribution is -2.28. The number of aromatic amines is 1. The van der Waals surface area contributed by atoms with Crippen LogP contribution in [0.3, 0.4) is 0 Å². The van der Waals surface area contributed by atoms with E-state index >= 15 is 0 Å². The van der Waals surface area contributed by atoms with E-state index in [-0.39, 0.29) is 0 Å². The summed E-state index contributed by atoms with van der Waals surface area (Å²) in [7, 11) is 1.33. The number of fused-ring (bicyclic) bond motifs is 1. The zero-order valence-electron chi connectivity index (χ0n) is 13.4. The van der Waals surface area contributed by atoms with Gasteiger partial charge in [-0.1, -0.05) is 17.7 Å². The number of hydrogen-bond donors (Lipinski definition) is 1. The molecule has 2 unspecified atom stereocenters. The third-order valence-electron chi connectivity index (χ3n) is 4.98. The summed E-state index contributed by atoms with van der Waals surface area (Å²) in [6.07, 6.45) is 2.06. The van der Waals surface area contributed by atoms with E-state index in [1.54, 1.807) is 18.3 Å². The van der Waals surface area contributed by atoms with Crippen LogP contribution in [0, 0.1) is 11.8 Å². The first kappa shape index (κ1) is 16.3. The predicted octanol–water partition coefficient (Wildman–Crippen LogP) is 3.14. The number of halogens is 3. The fraction of sp³-hybridized carbons (Fsp3) is 0.412. The summed E-state index contributed by atoms with van der Waals surface area (Å²) >= 11 is 6.27. The van der Waals surface area contributed by atoms with Gasteiger partial charge in [0.1, 0.15) is 11.0 Å². The van der Waals surface area contributed by atoms with Crippen LogP contribution in [0.5, 0.6) is 0 Å². The number of methoxy groups -OCH3 is 1. The average Bonchev–Trinajstić information content (AvgIpc) is 3.06. The molecule has 2 aromatic heterocycles. The number of nitrogens with zero attached hydrogens (tertiary/aromatic N) is 2. The zero-order chi connectivity index (χ0) is 17.8. The normalized spacial score (nSPS) is 23.4. The summed E-state index contributed by atoms with van der Waals surface area (Å²) in [5, 5.41) is 0.332. The molecule has 8 heteroatoms. The van der Waals surface area contributed by atoms with Gasteiger partial charge >= 0.3 is 5.97 Å². The fourth-order valence-corrected chi connectivity index (χ4v) is 3.66. The Morgan fingerprint density at radius 3 is 2.80 bits per heavy atom. The molecular weight excluding hydrogens is 352 g/mol. The summed E-state index contributed by atoms with van der Waals surface area (Å²) in [5.41, 5.74) is 2.03. The predicted molar refractivity (Wildman–Crippen MR) is 88.3 cm³/mol. The molecule has 1 saturated carbocycles. The topological polar surface area (TPSA) is 58.2 Å². The molecule has 3 heterocycles. The number of ether oxygens (including phenoxy) is 1. The van der Waals surface area contributed by atoms with Crippen LogP contribution in [0.15, 0.2) is 24.4 Å². The number of anilines is 1. The minimum atomic E-state index is -2.51. The van der Waals surface area contributed by atoms with Crippen LogP contribution in [0.4, 0.5) is 14.6 Å². The van der Waals surface area contributed by atoms with Gasteiger partial charge in [-0.3, -0.25) is 0 Å². The van der Waals surface area contributed by atoms with Gasteiger partial charge in [-0.2, -0.15) is 0 Å². The first-order valence-electron chi connectivity index (χ1n) is 7.94. The number of H-pyrrole nitrogens is 1. The van der Waals surface area contributed by atoms with Gasteiger partial charge in [-0.15, -0.1) is 0 Å². The standard InChI is InChI=1S/C17H16ClF2N3O2/c1-25-16(24)10-5-11(21-6-10)4-9-2-3-14(22-15(9)18)23-7-12-13(8-23)17(12,19)20/h2-3,5-6,12-13,21H,4,7-8H2,1H3. The molecular formula is C17H16ClF2N3O2. The molecule has 2 aliphatic rings. The van der Waals surface area contributed by atoms with Crippen molar-refractivity contribution in [3.05, 3.63) is 46.4 Å². The maximum Gasteiger partial charge on any atom is 0.339 e. The second-order valence-corrected chi connectivity index (χ2v) is 6.85. The summed E-state index contributed by atoms with van der Waals surface area (Å²) in [5.74, 6) is -3.40. The molecule has 1 aliphatic heterocycles. The third-order valence-corrected chi connectivity index (χ3v) is 5.31. The molecule has 5 nitrogen and oxygen atoms in total. The Bertz CT molecular complexity index is 825. The highest BCUT2D eigenvalue weighted by atomic mass is 35.5. The monoisotopic (exact) mass is 367 g/mol. The van der Waals surface area contributed by atoms with Crippen LogP contribution in [0.25, 0.3) is 0 Å². The van der Waals surface area contributed by atoms with E-state index < -0.39 is 23.7 Å². The molecule has 25 heavy (non-hydrogen) atoms. The molecule has 0 radical (unpaired) electrons. The quantitative estimate of drug-likeness (QED) is 0.666. The van der Waals surface area contributed by atoms with Gasteiger partial charge in [0.2, 0.25) is 0 Å². The van der Waals surface area contributed by atoms with Crippen molar-refractivity contribution in [2.75, 3.05) is 25.1 Å². The number of hydrogen-bond acceptors (Lipinski definition) is 4.